The maximum Gasteiger partial charge on any atom is 0.305 e. The fourth-order valence-corrected chi connectivity index (χ4v) is 3.13. The molecule has 0 N–H and O–H groups in total. The highest BCUT2D eigenvalue weighted by atomic mass is 16.7. The lowest BCUT2D eigenvalue weighted by Gasteiger charge is -2.45. The Morgan fingerprint density at radius 2 is 1.67 bits per heavy atom. The van der Waals surface area contributed by atoms with E-state index in [-0.39, 0.29) is 17.5 Å². The summed E-state index contributed by atoms with van der Waals surface area (Å²) in [5.74, 6) is -0.158. The van der Waals surface area contributed by atoms with E-state index in [1.165, 1.54) is 13.8 Å². The maximum atomic E-state index is 11.1. The van der Waals surface area contributed by atoms with Gasteiger partial charge in [0.05, 0.1) is 5.60 Å². The molecule has 0 radical (unpaired) electrons. The van der Waals surface area contributed by atoms with Gasteiger partial charge in [0.1, 0.15) is 0 Å². The van der Waals surface area contributed by atoms with E-state index in [4.69, 9.17) is 14.2 Å². The van der Waals surface area contributed by atoms with Gasteiger partial charge in [0, 0.05) is 19.8 Å². The van der Waals surface area contributed by atoms with Crippen LogP contribution in [-0.4, -0.2) is 29.9 Å². The molecule has 0 aromatic carbocycles. The molecular weight excluding hydrogens is 236 g/mol. The molecule has 18 heavy (non-hydrogen) atoms. The zero-order valence-corrected chi connectivity index (χ0v) is 11.3. The summed E-state index contributed by atoms with van der Waals surface area (Å²) in [6.07, 6.45) is 0.570. The van der Waals surface area contributed by atoms with E-state index in [1.54, 1.807) is 0 Å². The predicted molar refractivity (Wildman–Crippen MR) is 62.5 cm³/mol. The van der Waals surface area contributed by atoms with Gasteiger partial charge in [-0.1, -0.05) is 13.8 Å². The van der Waals surface area contributed by atoms with Crippen LogP contribution >= 0.6 is 0 Å². The Labute approximate surface area is 107 Å². The quantitative estimate of drug-likeness (QED) is 0.703. The van der Waals surface area contributed by atoms with E-state index in [0.717, 1.165) is 12.8 Å². The summed E-state index contributed by atoms with van der Waals surface area (Å²) < 4.78 is 16.3. The van der Waals surface area contributed by atoms with E-state index in [2.05, 4.69) is 6.92 Å². The van der Waals surface area contributed by atoms with E-state index in [0.29, 0.717) is 5.92 Å². The van der Waals surface area contributed by atoms with Gasteiger partial charge >= 0.3 is 11.9 Å². The van der Waals surface area contributed by atoms with Gasteiger partial charge < -0.3 is 14.2 Å². The second-order valence-electron chi connectivity index (χ2n) is 5.54. The van der Waals surface area contributed by atoms with Crippen LogP contribution in [0, 0.1) is 11.8 Å². The van der Waals surface area contributed by atoms with Crippen molar-refractivity contribution in [2.24, 2.45) is 11.8 Å². The first kappa shape index (κ1) is 13.3. The highest BCUT2D eigenvalue weighted by Gasteiger charge is 2.60. The molecule has 2 aliphatic rings. The minimum atomic E-state index is -0.770. The molecule has 1 aliphatic carbocycles. The molecule has 0 aromatic rings. The Balaban J connectivity index is 2.12. The smallest absolute Gasteiger partial charge is 0.305 e. The third-order valence-electron chi connectivity index (χ3n) is 3.91. The predicted octanol–water partition coefficient (Wildman–Crippen LogP) is 1.64. The largest absolute Gasteiger partial charge is 0.455 e. The van der Waals surface area contributed by atoms with Crippen LogP contribution in [0.1, 0.15) is 40.5 Å². The van der Waals surface area contributed by atoms with Gasteiger partial charge in [-0.25, -0.2) is 0 Å². The third kappa shape index (κ3) is 2.23. The van der Waals surface area contributed by atoms with Crippen LogP contribution in [0.2, 0.25) is 0 Å². The first-order valence-corrected chi connectivity index (χ1v) is 6.36. The molecule has 1 saturated heterocycles. The molecule has 3 atom stereocenters. The number of carbonyl (C=O) groups is 2. The van der Waals surface area contributed by atoms with Crippen molar-refractivity contribution in [1.82, 2.24) is 0 Å². The molecule has 1 saturated carbocycles. The number of ether oxygens (including phenoxy) is 3. The van der Waals surface area contributed by atoms with Crippen molar-refractivity contribution in [2.75, 3.05) is 0 Å². The highest BCUT2D eigenvalue weighted by molar-refractivity contribution is 5.67. The van der Waals surface area contributed by atoms with E-state index in [1.807, 2.05) is 6.92 Å². The van der Waals surface area contributed by atoms with Gasteiger partial charge in [0.15, 0.2) is 6.10 Å². The SMILES string of the molecule is CC(=O)O[C@@H]1O[C@]2(C[C@@H](C)C2)[C@@H](C)[C@H]1OC(C)=O. The molecule has 1 aliphatic heterocycles. The zero-order valence-electron chi connectivity index (χ0n) is 11.3. The van der Waals surface area contributed by atoms with Gasteiger partial charge in [0.25, 0.3) is 0 Å². The van der Waals surface area contributed by atoms with Crippen molar-refractivity contribution in [3.8, 4) is 0 Å². The number of carbonyl (C=O) groups excluding carboxylic acids is 2. The fourth-order valence-electron chi connectivity index (χ4n) is 3.13. The van der Waals surface area contributed by atoms with E-state index in [9.17, 15) is 9.59 Å². The summed E-state index contributed by atoms with van der Waals surface area (Å²) in [5.41, 5.74) is -0.292. The second kappa shape index (κ2) is 4.53. The molecule has 1 heterocycles. The molecule has 0 unspecified atom stereocenters. The molecule has 5 nitrogen and oxygen atoms in total. The summed E-state index contributed by atoms with van der Waals surface area (Å²) >= 11 is 0. The molecular formula is C13H20O5. The lowest BCUT2D eigenvalue weighted by Crippen LogP contribution is -2.48. The summed E-state index contributed by atoms with van der Waals surface area (Å²) in [6, 6.07) is 0. The molecule has 102 valence electrons. The van der Waals surface area contributed by atoms with E-state index < -0.39 is 18.4 Å². The summed E-state index contributed by atoms with van der Waals surface area (Å²) in [4.78, 5) is 22.2. The van der Waals surface area contributed by atoms with Crippen LogP contribution in [0.5, 0.6) is 0 Å². The van der Waals surface area contributed by atoms with Crippen LogP contribution in [0.25, 0.3) is 0 Å². The van der Waals surface area contributed by atoms with Crippen molar-refractivity contribution >= 4 is 11.9 Å². The van der Waals surface area contributed by atoms with Gasteiger partial charge in [-0.15, -0.1) is 0 Å². The zero-order chi connectivity index (χ0) is 13.5. The van der Waals surface area contributed by atoms with Crippen molar-refractivity contribution in [2.45, 2.75) is 58.5 Å². The van der Waals surface area contributed by atoms with Gasteiger partial charge in [-0.2, -0.15) is 0 Å². The molecule has 1 spiro atoms. The van der Waals surface area contributed by atoms with Crippen LogP contribution in [0.4, 0.5) is 0 Å². The summed E-state index contributed by atoms with van der Waals surface area (Å²) in [6.45, 7) is 6.82. The molecule has 5 heteroatoms. The van der Waals surface area contributed by atoms with Crippen LogP contribution in [0.3, 0.4) is 0 Å². The number of esters is 2. The number of hydrogen-bond donors (Lipinski definition) is 0. The van der Waals surface area contributed by atoms with Crippen LogP contribution in [0.15, 0.2) is 0 Å². The van der Waals surface area contributed by atoms with Crippen LogP contribution < -0.4 is 0 Å². The Morgan fingerprint density at radius 1 is 1.11 bits per heavy atom. The van der Waals surface area contributed by atoms with Crippen LogP contribution in [-0.2, 0) is 23.8 Å². The van der Waals surface area contributed by atoms with Gasteiger partial charge in [-0.3, -0.25) is 9.59 Å². The average Bonchev–Trinajstić information content (AvgIpc) is 2.42. The molecule has 0 aromatic heterocycles. The third-order valence-corrected chi connectivity index (χ3v) is 3.91. The average molecular weight is 256 g/mol. The minimum absolute atomic E-state index is 0.0435. The van der Waals surface area contributed by atoms with Gasteiger partial charge in [0.2, 0.25) is 6.29 Å². The lowest BCUT2D eigenvalue weighted by atomic mass is 9.65. The van der Waals surface area contributed by atoms with E-state index >= 15 is 0 Å². The molecule has 2 rings (SSSR count). The fraction of sp³-hybridized carbons (Fsp3) is 0.846. The maximum absolute atomic E-state index is 11.1. The van der Waals surface area contributed by atoms with Crippen molar-refractivity contribution in [3.63, 3.8) is 0 Å². The summed E-state index contributed by atoms with van der Waals surface area (Å²) in [5, 5.41) is 0. The molecule has 0 bridgehead atoms. The number of rotatable bonds is 2. The topological polar surface area (TPSA) is 61.8 Å². The monoisotopic (exact) mass is 256 g/mol. The summed E-state index contributed by atoms with van der Waals surface area (Å²) in [7, 11) is 0. The van der Waals surface area contributed by atoms with Crippen molar-refractivity contribution in [3.05, 3.63) is 0 Å². The lowest BCUT2D eigenvalue weighted by molar-refractivity contribution is -0.219. The number of hydrogen-bond acceptors (Lipinski definition) is 5. The highest BCUT2D eigenvalue weighted by Crippen LogP contribution is 2.53. The molecule has 2 fully saturated rings. The van der Waals surface area contributed by atoms with Gasteiger partial charge in [-0.05, 0) is 18.8 Å². The Morgan fingerprint density at radius 3 is 2.11 bits per heavy atom. The Bertz CT molecular complexity index is 358. The second-order valence-corrected chi connectivity index (χ2v) is 5.54. The Kier molecular flexibility index (Phi) is 3.36. The Hall–Kier alpha value is -1.10. The molecule has 0 amide bonds. The first-order valence-electron chi connectivity index (χ1n) is 6.36. The minimum Gasteiger partial charge on any atom is -0.455 e. The standard InChI is InChI=1S/C13H20O5/c1-7-5-13(6-7)8(2)11(16-9(3)14)12(18-13)17-10(4)15/h7-8,11-12H,5-6H2,1-4H3/t7-,8-,11+,12+,13+/m0/s1. The normalized spacial score (nSPS) is 42.4. The first-order chi connectivity index (χ1) is 8.34. The van der Waals surface area contributed by atoms with Crippen molar-refractivity contribution < 1.29 is 23.8 Å². The van der Waals surface area contributed by atoms with Crippen molar-refractivity contribution in [1.29, 1.82) is 0 Å².